The van der Waals surface area contributed by atoms with Crippen molar-refractivity contribution in [2.45, 2.75) is 32.7 Å². The van der Waals surface area contributed by atoms with Crippen LogP contribution < -0.4 is 9.80 Å². The van der Waals surface area contributed by atoms with Crippen LogP contribution in [0.5, 0.6) is 0 Å². The standard InChI is InChI=1S/C20H25N5O2/c1-12-3-7-25(12)20-19-17(21-5-6-22-19)9-18(23-20)24-10-15-14(16(15)11-24)4-8-27-13(2)26/h5-6,9,12,14-16H,3-4,7-8,10-11H2,1-2H3/t12-,14-,15-,16+/m0/s1. The van der Waals surface area contributed by atoms with E-state index in [0.717, 1.165) is 48.7 Å². The Balaban J connectivity index is 1.33. The number of hydrogen-bond acceptors (Lipinski definition) is 7. The monoisotopic (exact) mass is 367 g/mol. The fourth-order valence-corrected chi connectivity index (χ4v) is 4.74. The molecule has 1 aliphatic carbocycles. The zero-order chi connectivity index (χ0) is 18.5. The Bertz CT molecular complexity index is 876. The summed E-state index contributed by atoms with van der Waals surface area (Å²) in [5, 5.41) is 0. The van der Waals surface area contributed by atoms with Crippen LogP contribution in [0.25, 0.3) is 11.0 Å². The molecule has 0 N–H and O–H groups in total. The molecule has 5 rings (SSSR count). The van der Waals surface area contributed by atoms with E-state index >= 15 is 0 Å². The van der Waals surface area contributed by atoms with Gasteiger partial charge < -0.3 is 14.5 Å². The lowest BCUT2D eigenvalue weighted by Crippen LogP contribution is -2.46. The number of fused-ring (bicyclic) bond motifs is 2. The number of carbonyl (C=O) groups excluding carboxylic acids is 1. The highest BCUT2D eigenvalue weighted by Gasteiger charge is 2.55. The third-order valence-electron chi connectivity index (χ3n) is 6.47. The molecule has 3 aliphatic rings. The van der Waals surface area contributed by atoms with Gasteiger partial charge in [0.15, 0.2) is 5.82 Å². The Morgan fingerprint density at radius 3 is 2.70 bits per heavy atom. The number of anilines is 2. The fraction of sp³-hybridized carbons (Fsp3) is 0.600. The van der Waals surface area contributed by atoms with Gasteiger partial charge >= 0.3 is 5.97 Å². The molecule has 0 aromatic carbocycles. The van der Waals surface area contributed by atoms with E-state index in [4.69, 9.17) is 9.72 Å². The molecule has 2 aromatic rings. The zero-order valence-corrected chi connectivity index (χ0v) is 15.8. The van der Waals surface area contributed by atoms with E-state index in [1.54, 1.807) is 12.4 Å². The van der Waals surface area contributed by atoms with Gasteiger partial charge in [0.25, 0.3) is 0 Å². The first kappa shape index (κ1) is 16.7. The molecule has 0 unspecified atom stereocenters. The minimum absolute atomic E-state index is 0.184. The van der Waals surface area contributed by atoms with E-state index < -0.39 is 0 Å². The Labute approximate surface area is 158 Å². The number of piperidine rings is 1. The van der Waals surface area contributed by atoms with Crippen molar-refractivity contribution in [1.29, 1.82) is 0 Å². The Morgan fingerprint density at radius 1 is 1.26 bits per heavy atom. The molecule has 7 heteroatoms. The first-order valence-electron chi connectivity index (χ1n) is 9.88. The van der Waals surface area contributed by atoms with Crippen LogP contribution in [0, 0.1) is 17.8 Å². The van der Waals surface area contributed by atoms with Crippen LogP contribution >= 0.6 is 0 Å². The van der Waals surface area contributed by atoms with E-state index in [0.29, 0.717) is 30.4 Å². The molecule has 3 fully saturated rings. The average Bonchev–Trinajstić information content (AvgIpc) is 3.09. The highest BCUT2D eigenvalue weighted by molar-refractivity contribution is 5.88. The normalized spacial score (nSPS) is 28.8. The minimum atomic E-state index is -0.184. The predicted octanol–water partition coefficient (Wildman–Crippen LogP) is 2.26. The van der Waals surface area contributed by atoms with Crippen LogP contribution in [0.2, 0.25) is 0 Å². The van der Waals surface area contributed by atoms with Crippen LogP contribution in [0.4, 0.5) is 11.6 Å². The number of nitrogens with zero attached hydrogens (tertiary/aromatic N) is 5. The Morgan fingerprint density at radius 2 is 2.04 bits per heavy atom. The molecule has 4 atom stereocenters. The van der Waals surface area contributed by atoms with E-state index in [-0.39, 0.29) is 5.97 Å². The van der Waals surface area contributed by atoms with Crippen LogP contribution in [0.3, 0.4) is 0 Å². The predicted molar refractivity (Wildman–Crippen MR) is 103 cm³/mol. The van der Waals surface area contributed by atoms with Gasteiger partial charge in [-0.3, -0.25) is 9.78 Å². The van der Waals surface area contributed by atoms with Gasteiger partial charge in [-0.25, -0.2) is 9.97 Å². The Hall–Kier alpha value is -2.44. The summed E-state index contributed by atoms with van der Waals surface area (Å²) in [4.78, 5) is 29.7. The third-order valence-corrected chi connectivity index (χ3v) is 6.47. The molecular formula is C20H25N5O2. The van der Waals surface area contributed by atoms with Gasteiger partial charge in [-0.1, -0.05) is 0 Å². The summed E-state index contributed by atoms with van der Waals surface area (Å²) in [6.45, 7) is 7.35. The number of aromatic nitrogens is 3. The molecule has 4 heterocycles. The second-order valence-corrected chi connectivity index (χ2v) is 8.08. The molecule has 0 bridgehead atoms. The summed E-state index contributed by atoms with van der Waals surface area (Å²) < 4.78 is 5.10. The molecule has 7 nitrogen and oxygen atoms in total. The first-order valence-corrected chi connectivity index (χ1v) is 9.88. The van der Waals surface area contributed by atoms with E-state index in [1.807, 2.05) is 0 Å². The average molecular weight is 367 g/mol. The van der Waals surface area contributed by atoms with Gasteiger partial charge in [-0.2, -0.15) is 0 Å². The lowest BCUT2D eigenvalue weighted by molar-refractivity contribution is -0.141. The van der Waals surface area contributed by atoms with Crippen LogP contribution in [0.15, 0.2) is 18.5 Å². The minimum Gasteiger partial charge on any atom is -0.466 e. The van der Waals surface area contributed by atoms with E-state index in [9.17, 15) is 4.79 Å². The van der Waals surface area contributed by atoms with Crippen LogP contribution in [0.1, 0.15) is 26.7 Å². The van der Waals surface area contributed by atoms with Gasteiger partial charge in [-0.05, 0) is 37.5 Å². The summed E-state index contributed by atoms with van der Waals surface area (Å²) >= 11 is 0. The summed E-state index contributed by atoms with van der Waals surface area (Å²) in [5.41, 5.74) is 1.82. The van der Waals surface area contributed by atoms with Crippen molar-refractivity contribution in [2.75, 3.05) is 36.0 Å². The fourth-order valence-electron chi connectivity index (χ4n) is 4.74. The van der Waals surface area contributed by atoms with Crippen molar-refractivity contribution < 1.29 is 9.53 Å². The zero-order valence-electron chi connectivity index (χ0n) is 15.8. The van der Waals surface area contributed by atoms with Gasteiger partial charge in [-0.15, -0.1) is 0 Å². The molecule has 142 valence electrons. The Kier molecular flexibility index (Phi) is 3.91. The molecule has 0 radical (unpaired) electrons. The second-order valence-electron chi connectivity index (χ2n) is 8.08. The maximum absolute atomic E-state index is 10.9. The maximum Gasteiger partial charge on any atom is 0.302 e. The SMILES string of the molecule is CC(=O)OCC[C@@H]1[C@H]2CN(c3cc4nccnc4c(N4CC[C@@H]4C)n3)C[C@@H]12. The molecule has 2 aromatic heterocycles. The lowest BCUT2D eigenvalue weighted by Gasteiger charge is -2.40. The third kappa shape index (κ3) is 2.89. The number of esters is 1. The number of pyridine rings is 1. The summed E-state index contributed by atoms with van der Waals surface area (Å²) in [7, 11) is 0. The summed E-state index contributed by atoms with van der Waals surface area (Å²) in [5.74, 6) is 3.90. The maximum atomic E-state index is 10.9. The highest BCUT2D eigenvalue weighted by atomic mass is 16.5. The van der Waals surface area contributed by atoms with Crippen molar-refractivity contribution in [3.8, 4) is 0 Å². The second kappa shape index (κ2) is 6.32. The molecule has 0 spiro atoms. The van der Waals surface area contributed by atoms with Gasteiger partial charge in [0.2, 0.25) is 0 Å². The van der Waals surface area contributed by atoms with Gasteiger partial charge in [0.05, 0.1) is 12.1 Å². The van der Waals surface area contributed by atoms with Crippen molar-refractivity contribution in [2.24, 2.45) is 17.8 Å². The van der Waals surface area contributed by atoms with Crippen molar-refractivity contribution in [1.82, 2.24) is 15.0 Å². The molecule has 0 amide bonds. The van der Waals surface area contributed by atoms with E-state index in [2.05, 4.69) is 32.8 Å². The molecule has 2 saturated heterocycles. The molecule has 27 heavy (non-hydrogen) atoms. The molecule has 1 saturated carbocycles. The quantitative estimate of drug-likeness (QED) is 0.751. The molecule has 2 aliphatic heterocycles. The number of carbonyl (C=O) groups is 1. The summed E-state index contributed by atoms with van der Waals surface area (Å²) in [6.07, 6.45) is 5.68. The molecular weight excluding hydrogens is 342 g/mol. The highest BCUT2D eigenvalue weighted by Crippen LogP contribution is 2.54. The van der Waals surface area contributed by atoms with Gasteiger partial charge in [0, 0.05) is 51.1 Å². The van der Waals surface area contributed by atoms with Crippen molar-refractivity contribution >= 4 is 28.6 Å². The van der Waals surface area contributed by atoms with Crippen LogP contribution in [-0.2, 0) is 9.53 Å². The van der Waals surface area contributed by atoms with Crippen molar-refractivity contribution in [3.05, 3.63) is 18.5 Å². The largest absolute Gasteiger partial charge is 0.466 e. The smallest absolute Gasteiger partial charge is 0.302 e. The summed E-state index contributed by atoms with van der Waals surface area (Å²) in [6, 6.07) is 2.59. The van der Waals surface area contributed by atoms with Crippen LogP contribution in [-0.4, -0.2) is 53.2 Å². The lowest BCUT2D eigenvalue weighted by atomic mass is 10.1. The van der Waals surface area contributed by atoms with Crippen molar-refractivity contribution in [3.63, 3.8) is 0 Å². The van der Waals surface area contributed by atoms with Gasteiger partial charge in [0.1, 0.15) is 11.3 Å². The number of ether oxygens (including phenoxy) is 1. The first-order chi connectivity index (χ1) is 13.1. The topological polar surface area (TPSA) is 71.5 Å². The number of hydrogen-bond donors (Lipinski definition) is 0. The van der Waals surface area contributed by atoms with E-state index in [1.165, 1.54) is 13.3 Å². The number of rotatable bonds is 5.